The SMILES string of the molecule is CC[C@@H]1OC(=O)[C@H](C)[C@H](O[C@@H]2C[C@@](C)(OC)[C@H](OC(=O)CCOCCOc3ccc4c(c3)c(=O)c(C(=O)O)cn4C3CC3)[C@H](C)O2)[C@@H](C)[C@H](O[C@@H]2O[C@H](C)C[C@H](N(C)C)[C@@H]2O)C(C)(OC)C[C@H](C)C(=O)[C@H](C)[C@@H](O)C1(C)O. The number of aliphatic hydroxyl groups excluding tert-OH is 2. The van der Waals surface area contributed by atoms with Gasteiger partial charge in [0.05, 0.1) is 72.6 Å². The number of aromatic nitrogens is 1. The quantitative estimate of drug-likeness (QED) is 0.115. The van der Waals surface area contributed by atoms with E-state index < -0.39 is 119 Å². The number of ether oxygens (including phenoxy) is 10. The summed E-state index contributed by atoms with van der Waals surface area (Å²) in [6.45, 7) is 17.0. The van der Waals surface area contributed by atoms with Crippen molar-refractivity contribution < 1.29 is 87.0 Å². The molecule has 21 heteroatoms. The molecule has 1 aromatic carbocycles. The number of likely N-dealkylation sites (N-methyl/N-ethyl adjacent to an activating group) is 1. The van der Waals surface area contributed by atoms with Crippen molar-refractivity contribution in [3.63, 3.8) is 0 Å². The fraction of sp³-hybridized carbons (Fsp3) is 0.768. The van der Waals surface area contributed by atoms with Crippen LogP contribution in [0.25, 0.3) is 10.9 Å². The van der Waals surface area contributed by atoms with Crippen LogP contribution in [-0.2, 0) is 57.0 Å². The highest BCUT2D eigenvalue weighted by Crippen LogP contribution is 2.43. The first-order valence-corrected chi connectivity index (χ1v) is 27.2. The Balaban J connectivity index is 1.18. The maximum atomic E-state index is 14.6. The van der Waals surface area contributed by atoms with Crippen LogP contribution in [0.1, 0.15) is 131 Å². The number of carbonyl (C=O) groups excluding carboxylic acids is 3. The van der Waals surface area contributed by atoms with Gasteiger partial charge in [0.15, 0.2) is 18.7 Å². The molecule has 18 atom stereocenters. The van der Waals surface area contributed by atoms with Crippen LogP contribution in [0.2, 0.25) is 0 Å². The second-order valence-corrected chi connectivity index (χ2v) is 22.8. The summed E-state index contributed by atoms with van der Waals surface area (Å²) in [4.78, 5) is 69.0. The number of hydrogen-bond donors (Lipinski definition) is 4. The largest absolute Gasteiger partial charge is 0.491 e. The van der Waals surface area contributed by atoms with Crippen LogP contribution in [0.4, 0.5) is 0 Å². The molecular formula is C56H86N2O19. The van der Waals surface area contributed by atoms with E-state index in [1.807, 2.05) is 37.4 Å². The first-order valence-electron chi connectivity index (χ1n) is 27.2. The highest BCUT2D eigenvalue weighted by Gasteiger charge is 2.55. The highest BCUT2D eigenvalue weighted by molar-refractivity contribution is 5.93. The number of rotatable bonds is 18. The Morgan fingerprint density at radius 2 is 1.53 bits per heavy atom. The van der Waals surface area contributed by atoms with Gasteiger partial charge in [-0.25, -0.2) is 4.79 Å². The number of carboxylic acids is 1. The van der Waals surface area contributed by atoms with Crippen molar-refractivity contribution in [1.82, 2.24) is 9.47 Å². The maximum Gasteiger partial charge on any atom is 0.341 e. The molecule has 4 N–H and O–H groups in total. The molecule has 2 unspecified atom stereocenters. The lowest BCUT2D eigenvalue weighted by molar-refractivity contribution is -0.320. The Kier molecular flexibility index (Phi) is 20.6. The van der Waals surface area contributed by atoms with Crippen molar-refractivity contribution in [2.75, 3.05) is 48.1 Å². The molecule has 77 heavy (non-hydrogen) atoms. The molecular weight excluding hydrogens is 1000 g/mol. The van der Waals surface area contributed by atoms with Gasteiger partial charge in [-0.3, -0.25) is 19.2 Å². The number of methoxy groups -OCH3 is 2. The standard InChI is InChI=1S/C56H86N2O19/c1-15-41-56(10,67)48(63)31(4)44(60)29(2)26-54(8,68-13)49(77-53-46(62)40(57(11)12)24-30(3)72-53)32(5)47(33(6)52(66)74-41)76-43-27-55(9,69-14)50(34(7)73-43)75-42(59)20-21-70-22-23-71-36-18-19-39-37(25-36)45(61)38(51(64)65)28-58(39)35-16-17-35/h18-19,25,28-35,40-41,43,46-50,53,62-63,67H,15-17,20-24,26-27H2,1-14H3,(H,64,65)/t29-,30+,31-,32+,33+,34-,40-,41-,43+,46-,47+,48+,49-,50+,53-,54?,55+,56?/m0/s1. The molecule has 6 rings (SSSR count). The van der Waals surface area contributed by atoms with E-state index in [1.165, 1.54) is 40.3 Å². The second kappa shape index (κ2) is 25.5. The molecule has 0 radical (unpaired) electrons. The van der Waals surface area contributed by atoms with E-state index >= 15 is 0 Å². The summed E-state index contributed by atoms with van der Waals surface area (Å²) < 4.78 is 64.5. The number of fused-ring (bicyclic) bond motifs is 1. The van der Waals surface area contributed by atoms with E-state index in [9.17, 15) is 44.4 Å². The Morgan fingerprint density at radius 3 is 2.14 bits per heavy atom. The number of Topliss-reactive ketones (excluding diaryl/α,β-unsaturated/α-hetero) is 1. The summed E-state index contributed by atoms with van der Waals surface area (Å²) in [5, 5.41) is 45.1. The fourth-order valence-corrected chi connectivity index (χ4v) is 11.7. The Hall–Kier alpha value is -4.13. The molecule has 1 saturated carbocycles. The van der Waals surface area contributed by atoms with Gasteiger partial charge < -0.3 is 77.3 Å². The zero-order valence-corrected chi connectivity index (χ0v) is 47.4. The number of esters is 2. The van der Waals surface area contributed by atoms with E-state index in [0.29, 0.717) is 17.7 Å². The fourth-order valence-electron chi connectivity index (χ4n) is 11.7. The Labute approximate surface area is 452 Å². The maximum absolute atomic E-state index is 14.6. The van der Waals surface area contributed by atoms with Crippen LogP contribution >= 0.6 is 0 Å². The van der Waals surface area contributed by atoms with Gasteiger partial charge in [-0.1, -0.05) is 27.7 Å². The second-order valence-electron chi connectivity index (χ2n) is 22.8. The smallest absolute Gasteiger partial charge is 0.341 e. The minimum Gasteiger partial charge on any atom is -0.491 e. The number of benzene rings is 1. The van der Waals surface area contributed by atoms with Crippen molar-refractivity contribution in [1.29, 1.82) is 0 Å². The monoisotopic (exact) mass is 1090 g/mol. The van der Waals surface area contributed by atoms with Crippen LogP contribution < -0.4 is 10.2 Å². The first kappa shape index (κ1) is 62.1. The predicted molar refractivity (Wildman–Crippen MR) is 279 cm³/mol. The third-order valence-corrected chi connectivity index (χ3v) is 16.6. The van der Waals surface area contributed by atoms with Gasteiger partial charge in [0.1, 0.15) is 47.1 Å². The molecule has 0 amide bonds. The van der Waals surface area contributed by atoms with Gasteiger partial charge >= 0.3 is 17.9 Å². The third kappa shape index (κ3) is 13.9. The van der Waals surface area contributed by atoms with Crippen molar-refractivity contribution in [3.8, 4) is 5.75 Å². The van der Waals surface area contributed by atoms with E-state index in [-0.39, 0.29) is 80.4 Å². The number of carboxylic acid groups (broad SMARTS) is 1. The lowest BCUT2D eigenvalue weighted by Gasteiger charge is -2.50. The number of hydrogen-bond acceptors (Lipinski definition) is 19. The number of nitrogens with zero attached hydrogens (tertiary/aromatic N) is 2. The number of pyridine rings is 1. The summed E-state index contributed by atoms with van der Waals surface area (Å²) >= 11 is 0. The van der Waals surface area contributed by atoms with E-state index in [0.717, 1.165) is 12.8 Å². The molecule has 1 aliphatic carbocycles. The van der Waals surface area contributed by atoms with Gasteiger partial charge in [0.2, 0.25) is 5.43 Å². The summed E-state index contributed by atoms with van der Waals surface area (Å²) in [6, 6.07) is 4.78. The minimum atomic E-state index is -2.04. The van der Waals surface area contributed by atoms with E-state index in [4.69, 9.17) is 47.4 Å². The zero-order chi connectivity index (χ0) is 57.1. The molecule has 4 aliphatic rings. The molecule has 434 valence electrons. The molecule has 4 fully saturated rings. The number of carbonyl (C=O) groups is 4. The average molecular weight is 1090 g/mol. The molecule has 3 aliphatic heterocycles. The topological polar surface area (TPSA) is 267 Å². The average Bonchev–Trinajstić information content (AvgIpc) is 4.28. The van der Waals surface area contributed by atoms with Crippen molar-refractivity contribution in [3.05, 3.63) is 40.2 Å². The normalized spacial score (nSPS) is 37.8. The molecule has 21 nitrogen and oxygen atoms in total. The van der Waals surface area contributed by atoms with Gasteiger partial charge in [-0.2, -0.15) is 0 Å². The van der Waals surface area contributed by atoms with E-state index in [1.54, 1.807) is 53.7 Å². The number of cyclic esters (lactones) is 1. The van der Waals surface area contributed by atoms with Gasteiger partial charge in [-0.05, 0) is 106 Å². The van der Waals surface area contributed by atoms with Crippen molar-refractivity contribution in [2.45, 2.75) is 204 Å². The summed E-state index contributed by atoms with van der Waals surface area (Å²) in [6.07, 6.45) is -6.75. The van der Waals surface area contributed by atoms with E-state index in [2.05, 4.69) is 0 Å². The van der Waals surface area contributed by atoms with Crippen molar-refractivity contribution >= 4 is 34.6 Å². The van der Waals surface area contributed by atoms with Gasteiger partial charge in [0.25, 0.3) is 0 Å². The number of aliphatic hydroxyl groups is 3. The Morgan fingerprint density at radius 1 is 0.870 bits per heavy atom. The molecule has 1 aromatic heterocycles. The first-order chi connectivity index (χ1) is 36.1. The third-order valence-electron chi connectivity index (χ3n) is 16.6. The molecule has 2 aromatic rings. The zero-order valence-electron chi connectivity index (χ0n) is 47.4. The summed E-state index contributed by atoms with van der Waals surface area (Å²) in [7, 11) is 6.68. The molecule has 0 bridgehead atoms. The lowest BCUT2D eigenvalue weighted by Crippen LogP contribution is -2.61. The van der Waals surface area contributed by atoms with Crippen molar-refractivity contribution in [2.24, 2.45) is 23.7 Å². The minimum absolute atomic E-state index is 0.00683. The van der Waals surface area contributed by atoms with Crippen LogP contribution in [0.3, 0.4) is 0 Å². The summed E-state index contributed by atoms with van der Waals surface area (Å²) in [5.74, 6) is -6.42. The Bertz CT molecular complexity index is 2430. The van der Waals surface area contributed by atoms with Crippen LogP contribution in [0.5, 0.6) is 5.75 Å². The predicted octanol–water partition coefficient (Wildman–Crippen LogP) is 4.82. The van der Waals surface area contributed by atoms with Crippen LogP contribution in [-0.4, -0.2) is 186 Å². The molecule has 3 saturated heterocycles. The van der Waals surface area contributed by atoms with Crippen LogP contribution in [0.15, 0.2) is 29.2 Å². The molecule has 0 spiro atoms. The number of ketones is 1. The lowest BCUT2D eigenvalue weighted by atomic mass is 9.74. The summed E-state index contributed by atoms with van der Waals surface area (Å²) in [5.41, 5.74) is -4.84. The highest BCUT2D eigenvalue weighted by atomic mass is 16.7. The number of aromatic carboxylic acids is 1. The van der Waals surface area contributed by atoms with Gasteiger partial charge in [-0.15, -0.1) is 0 Å². The molecule has 4 heterocycles. The van der Waals surface area contributed by atoms with Gasteiger partial charge in [0, 0.05) is 56.7 Å². The van der Waals surface area contributed by atoms with Crippen LogP contribution in [0, 0.1) is 23.7 Å².